The normalized spacial score (nSPS) is 11.2. The summed E-state index contributed by atoms with van der Waals surface area (Å²) in [4.78, 5) is 4.74. The topological polar surface area (TPSA) is 35.6 Å². The Bertz CT molecular complexity index is 969. The highest BCUT2D eigenvalue weighted by Crippen LogP contribution is 2.25. The number of imidazole rings is 1. The molecule has 0 N–H and O–H groups in total. The van der Waals surface area contributed by atoms with Gasteiger partial charge in [-0.15, -0.1) is 0 Å². The van der Waals surface area contributed by atoms with Crippen LogP contribution < -0.4 is 0 Å². The molecule has 0 bridgehead atoms. The van der Waals surface area contributed by atoms with Crippen molar-refractivity contribution in [1.29, 1.82) is 0 Å². The number of fused-ring (bicyclic) bond motifs is 1. The van der Waals surface area contributed by atoms with Gasteiger partial charge in [-0.05, 0) is 23.8 Å². The molecule has 0 aliphatic carbocycles. The number of hydrogen-bond acceptors (Lipinski definition) is 2. The van der Waals surface area contributed by atoms with Gasteiger partial charge in [0.25, 0.3) is 0 Å². The molecule has 4 aromatic rings. The first kappa shape index (κ1) is 14.2. The van der Waals surface area contributed by atoms with Crippen molar-refractivity contribution in [2.75, 3.05) is 0 Å². The summed E-state index contributed by atoms with van der Waals surface area (Å²) in [5.41, 5.74) is 4.35. The van der Waals surface area contributed by atoms with Crippen LogP contribution in [0.2, 0.25) is 0 Å². The molecule has 0 spiro atoms. The van der Waals surface area contributed by atoms with Crippen LogP contribution in [0.1, 0.15) is 5.56 Å². The van der Waals surface area contributed by atoms with E-state index in [2.05, 4.69) is 43.8 Å². The zero-order valence-electron chi connectivity index (χ0n) is 12.6. The number of rotatable bonds is 3. The molecule has 0 atom stereocenters. The molecule has 0 aliphatic rings. The van der Waals surface area contributed by atoms with Gasteiger partial charge in [0.15, 0.2) is 0 Å². The smallest absolute Gasteiger partial charge is 0.144 e. The Kier molecular flexibility index (Phi) is 3.50. The number of halogens is 1. The lowest BCUT2D eigenvalue weighted by Crippen LogP contribution is -1.99. The monoisotopic (exact) mass is 366 g/mol. The number of hydrogen-bond donors (Lipinski definition) is 0. The molecular formula is C18H15BrN4. The Morgan fingerprint density at radius 3 is 2.74 bits per heavy atom. The second-order valence-corrected chi connectivity index (χ2v) is 6.46. The molecular weight excluding hydrogens is 352 g/mol. The van der Waals surface area contributed by atoms with E-state index in [1.807, 2.05) is 54.5 Å². The minimum absolute atomic E-state index is 0.760. The molecule has 0 radical (unpaired) electrons. The summed E-state index contributed by atoms with van der Waals surface area (Å²) in [5.74, 6) is 0.928. The van der Waals surface area contributed by atoms with Crippen LogP contribution in [-0.2, 0) is 13.6 Å². The minimum atomic E-state index is 0.760. The first-order valence-electron chi connectivity index (χ1n) is 7.39. The lowest BCUT2D eigenvalue weighted by atomic mass is 10.2. The van der Waals surface area contributed by atoms with Gasteiger partial charge in [0.2, 0.25) is 0 Å². The molecule has 0 aliphatic heterocycles. The maximum Gasteiger partial charge on any atom is 0.144 e. The molecule has 2 heterocycles. The van der Waals surface area contributed by atoms with E-state index in [0.717, 1.165) is 33.4 Å². The molecule has 4 nitrogen and oxygen atoms in total. The van der Waals surface area contributed by atoms with Crippen LogP contribution in [0.3, 0.4) is 0 Å². The summed E-state index contributed by atoms with van der Waals surface area (Å²) in [7, 11) is 2.03. The van der Waals surface area contributed by atoms with Gasteiger partial charge in [0.05, 0.1) is 29.3 Å². The largest absolute Gasteiger partial charge is 0.327 e. The second-order valence-electron chi connectivity index (χ2n) is 5.54. The van der Waals surface area contributed by atoms with E-state index in [0.29, 0.717) is 0 Å². The number of benzene rings is 2. The molecule has 0 amide bonds. The lowest BCUT2D eigenvalue weighted by Gasteiger charge is -2.01. The molecule has 4 rings (SSSR count). The van der Waals surface area contributed by atoms with Gasteiger partial charge < -0.3 is 4.57 Å². The zero-order chi connectivity index (χ0) is 15.8. The van der Waals surface area contributed by atoms with E-state index in [1.165, 1.54) is 5.56 Å². The maximum absolute atomic E-state index is 4.74. The van der Waals surface area contributed by atoms with E-state index in [1.54, 1.807) is 0 Å². The van der Waals surface area contributed by atoms with E-state index in [4.69, 9.17) is 4.98 Å². The van der Waals surface area contributed by atoms with Gasteiger partial charge in [-0.1, -0.05) is 46.3 Å². The third-order valence-corrected chi connectivity index (χ3v) is 4.41. The third-order valence-electron chi connectivity index (χ3n) is 3.92. The van der Waals surface area contributed by atoms with E-state index in [9.17, 15) is 0 Å². The lowest BCUT2D eigenvalue weighted by molar-refractivity contribution is 0.687. The average Bonchev–Trinajstić information content (AvgIpc) is 3.13. The Labute approximate surface area is 142 Å². The minimum Gasteiger partial charge on any atom is -0.327 e. The fourth-order valence-corrected chi connectivity index (χ4v) is 3.12. The van der Waals surface area contributed by atoms with Crippen LogP contribution in [0.15, 0.2) is 65.4 Å². The molecule has 114 valence electrons. The standard InChI is InChI=1S/C18H15BrN4/c1-22-17-8-7-15(19)9-16(17)21-18(22)14-10-20-23(12-14)11-13-5-3-2-4-6-13/h2-10,12H,11H2,1H3. The highest BCUT2D eigenvalue weighted by molar-refractivity contribution is 9.10. The summed E-state index contributed by atoms with van der Waals surface area (Å²) >= 11 is 3.50. The quantitative estimate of drug-likeness (QED) is 0.543. The van der Waals surface area contributed by atoms with Crippen LogP contribution >= 0.6 is 15.9 Å². The van der Waals surface area contributed by atoms with Gasteiger partial charge in [-0.3, -0.25) is 4.68 Å². The average molecular weight is 367 g/mol. The van der Waals surface area contributed by atoms with Crippen LogP contribution in [0.25, 0.3) is 22.4 Å². The van der Waals surface area contributed by atoms with E-state index in [-0.39, 0.29) is 0 Å². The number of nitrogens with zero attached hydrogens (tertiary/aromatic N) is 4. The van der Waals surface area contributed by atoms with Crippen molar-refractivity contribution in [3.05, 3.63) is 71.0 Å². The number of aryl methyl sites for hydroxylation is 1. The Balaban J connectivity index is 1.70. The summed E-state index contributed by atoms with van der Waals surface area (Å²) in [6.45, 7) is 0.760. The highest BCUT2D eigenvalue weighted by atomic mass is 79.9. The summed E-state index contributed by atoms with van der Waals surface area (Å²) in [5, 5.41) is 4.47. The summed E-state index contributed by atoms with van der Waals surface area (Å²) < 4.78 is 5.08. The summed E-state index contributed by atoms with van der Waals surface area (Å²) in [6.07, 6.45) is 3.92. The van der Waals surface area contributed by atoms with Crippen molar-refractivity contribution in [3.63, 3.8) is 0 Å². The van der Waals surface area contributed by atoms with Crippen LogP contribution in [-0.4, -0.2) is 19.3 Å². The Morgan fingerprint density at radius 2 is 1.91 bits per heavy atom. The Hall–Kier alpha value is -2.40. The van der Waals surface area contributed by atoms with E-state index >= 15 is 0 Å². The molecule has 23 heavy (non-hydrogen) atoms. The molecule has 2 aromatic carbocycles. The zero-order valence-corrected chi connectivity index (χ0v) is 14.2. The highest BCUT2D eigenvalue weighted by Gasteiger charge is 2.12. The fraction of sp³-hybridized carbons (Fsp3) is 0.111. The molecule has 0 saturated carbocycles. The van der Waals surface area contributed by atoms with Crippen molar-refractivity contribution in [2.24, 2.45) is 7.05 Å². The molecule has 0 fully saturated rings. The fourth-order valence-electron chi connectivity index (χ4n) is 2.77. The van der Waals surface area contributed by atoms with Crippen molar-refractivity contribution in [1.82, 2.24) is 19.3 Å². The molecule has 0 unspecified atom stereocenters. The van der Waals surface area contributed by atoms with Gasteiger partial charge in [0, 0.05) is 17.7 Å². The number of aromatic nitrogens is 4. The van der Waals surface area contributed by atoms with Crippen LogP contribution in [0.5, 0.6) is 0 Å². The maximum atomic E-state index is 4.74. The SMILES string of the molecule is Cn1c(-c2cnn(Cc3ccccc3)c2)nc2cc(Br)ccc21. The van der Waals surface area contributed by atoms with Crippen LogP contribution in [0.4, 0.5) is 0 Å². The Morgan fingerprint density at radius 1 is 1.09 bits per heavy atom. The van der Waals surface area contributed by atoms with E-state index < -0.39 is 0 Å². The molecule has 2 aromatic heterocycles. The van der Waals surface area contributed by atoms with Crippen molar-refractivity contribution >= 4 is 27.0 Å². The second kappa shape index (κ2) is 5.66. The van der Waals surface area contributed by atoms with Gasteiger partial charge >= 0.3 is 0 Å². The van der Waals surface area contributed by atoms with Gasteiger partial charge in [-0.25, -0.2) is 4.98 Å². The van der Waals surface area contributed by atoms with Crippen LogP contribution in [0, 0.1) is 0 Å². The predicted octanol–water partition coefficient (Wildman–Crippen LogP) is 4.25. The van der Waals surface area contributed by atoms with Gasteiger partial charge in [0.1, 0.15) is 5.82 Å². The summed E-state index contributed by atoms with van der Waals surface area (Å²) in [6, 6.07) is 16.5. The van der Waals surface area contributed by atoms with Crippen molar-refractivity contribution in [3.8, 4) is 11.4 Å². The van der Waals surface area contributed by atoms with Crippen molar-refractivity contribution in [2.45, 2.75) is 6.54 Å². The predicted molar refractivity (Wildman–Crippen MR) is 95.2 cm³/mol. The third kappa shape index (κ3) is 2.68. The first-order chi connectivity index (χ1) is 11.2. The van der Waals surface area contributed by atoms with Gasteiger partial charge in [-0.2, -0.15) is 5.10 Å². The van der Waals surface area contributed by atoms with Crippen molar-refractivity contribution < 1.29 is 0 Å². The first-order valence-corrected chi connectivity index (χ1v) is 8.19. The molecule has 5 heteroatoms. The molecule has 0 saturated heterocycles.